The molecule has 1 aliphatic rings. The van der Waals surface area contributed by atoms with Gasteiger partial charge in [0.05, 0.1) is 5.75 Å². The summed E-state index contributed by atoms with van der Waals surface area (Å²) in [6, 6.07) is 7.81. The van der Waals surface area contributed by atoms with E-state index in [0.717, 1.165) is 37.4 Å². The molecular formula is C12H18N2O2S. The Balaban J connectivity index is 2.16. The van der Waals surface area contributed by atoms with E-state index in [4.69, 9.17) is 0 Å². The topological polar surface area (TPSA) is 49.4 Å². The van der Waals surface area contributed by atoms with Gasteiger partial charge in [0, 0.05) is 38.1 Å². The predicted octanol–water partition coefficient (Wildman–Crippen LogP) is 0.641. The van der Waals surface area contributed by atoms with Crippen molar-refractivity contribution in [2.45, 2.75) is 5.75 Å². The smallest absolute Gasteiger partial charge is 0.151 e. The number of piperazine rings is 1. The van der Waals surface area contributed by atoms with E-state index in [1.54, 1.807) is 0 Å². The van der Waals surface area contributed by atoms with Gasteiger partial charge in [0.2, 0.25) is 0 Å². The van der Waals surface area contributed by atoms with E-state index in [9.17, 15) is 8.42 Å². The summed E-state index contributed by atoms with van der Waals surface area (Å²) in [4.78, 5) is 2.28. The number of nitrogens with zero attached hydrogens (tertiary/aromatic N) is 1. The van der Waals surface area contributed by atoms with Crippen LogP contribution in [0.1, 0.15) is 5.56 Å². The highest BCUT2D eigenvalue weighted by atomic mass is 32.2. The fourth-order valence-electron chi connectivity index (χ4n) is 2.07. The summed E-state index contributed by atoms with van der Waals surface area (Å²) in [6.45, 7) is 3.91. The molecule has 1 saturated heterocycles. The first-order chi connectivity index (χ1) is 8.04. The summed E-state index contributed by atoms with van der Waals surface area (Å²) in [7, 11) is -2.96. The van der Waals surface area contributed by atoms with Crippen molar-refractivity contribution in [1.82, 2.24) is 5.32 Å². The molecule has 0 radical (unpaired) electrons. The van der Waals surface area contributed by atoms with E-state index < -0.39 is 9.84 Å². The van der Waals surface area contributed by atoms with Crippen molar-refractivity contribution in [2.75, 3.05) is 37.3 Å². The summed E-state index contributed by atoms with van der Waals surface area (Å²) in [6.07, 6.45) is 1.27. The summed E-state index contributed by atoms with van der Waals surface area (Å²) in [5.74, 6) is 0.118. The highest BCUT2D eigenvalue weighted by Gasteiger charge is 2.11. The van der Waals surface area contributed by atoms with E-state index in [1.807, 2.05) is 24.3 Å². The lowest BCUT2D eigenvalue weighted by molar-refractivity contribution is 0.589. The first-order valence-electron chi connectivity index (χ1n) is 5.77. The average molecular weight is 254 g/mol. The van der Waals surface area contributed by atoms with Gasteiger partial charge in [-0.05, 0) is 17.7 Å². The third-order valence-electron chi connectivity index (χ3n) is 2.82. The highest BCUT2D eigenvalue weighted by molar-refractivity contribution is 7.89. The van der Waals surface area contributed by atoms with Crippen molar-refractivity contribution in [3.05, 3.63) is 29.8 Å². The third kappa shape index (κ3) is 3.71. The van der Waals surface area contributed by atoms with Gasteiger partial charge in [-0.15, -0.1) is 0 Å². The van der Waals surface area contributed by atoms with Gasteiger partial charge < -0.3 is 10.2 Å². The molecule has 1 fully saturated rings. The Bertz CT molecular complexity index is 479. The quantitative estimate of drug-likeness (QED) is 0.860. The number of hydrogen-bond donors (Lipinski definition) is 1. The first-order valence-corrected chi connectivity index (χ1v) is 7.83. The Morgan fingerprint density at radius 2 is 2.00 bits per heavy atom. The molecule has 17 heavy (non-hydrogen) atoms. The van der Waals surface area contributed by atoms with Gasteiger partial charge in [0.15, 0.2) is 9.84 Å². The Morgan fingerprint density at radius 3 is 2.65 bits per heavy atom. The zero-order valence-corrected chi connectivity index (χ0v) is 10.8. The lowest BCUT2D eigenvalue weighted by Crippen LogP contribution is -2.43. The van der Waals surface area contributed by atoms with Gasteiger partial charge in [0.25, 0.3) is 0 Å². The number of hydrogen-bond acceptors (Lipinski definition) is 4. The molecule has 2 rings (SSSR count). The molecule has 1 aromatic rings. The molecule has 5 heteroatoms. The van der Waals surface area contributed by atoms with Gasteiger partial charge in [0.1, 0.15) is 0 Å². The zero-order chi connectivity index (χ0) is 12.3. The summed E-state index contributed by atoms with van der Waals surface area (Å²) in [5.41, 5.74) is 1.98. The summed E-state index contributed by atoms with van der Waals surface area (Å²) >= 11 is 0. The normalized spacial score (nSPS) is 17.1. The number of sulfone groups is 1. The van der Waals surface area contributed by atoms with Gasteiger partial charge in [-0.1, -0.05) is 12.1 Å². The lowest BCUT2D eigenvalue weighted by atomic mass is 10.2. The molecule has 1 aromatic carbocycles. The van der Waals surface area contributed by atoms with E-state index in [0.29, 0.717) is 0 Å². The van der Waals surface area contributed by atoms with E-state index in [2.05, 4.69) is 10.2 Å². The van der Waals surface area contributed by atoms with Crippen LogP contribution in [-0.2, 0) is 15.6 Å². The highest BCUT2D eigenvalue weighted by Crippen LogP contribution is 2.18. The molecule has 0 amide bonds. The van der Waals surface area contributed by atoms with Gasteiger partial charge in [-0.3, -0.25) is 0 Å². The van der Waals surface area contributed by atoms with Crippen molar-refractivity contribution < 1.29 is 8.42 Å². The van der Waals surface area contributed by atoms with Gasteiger partial charge in [-0.25, -0.2) is 8.42 Å². The summed E-state index contributed by atoms with van der Waals surface area (Å²) in [5, 5.41) is 3.30. The second-order valence-corrected chi connectivity index (χ2v) is 6.62. The molecule has 1 heterocycles. The second-order valence-electron chi connectivity index (χ2n) is 4.48. The molecule has 0 aliphatic carbocycles. The van der Waals surface area contributed by atoms with Crippen LogP contribution >= 0.6 is 0 Å². The maximum atomic E-state index is 11.3. The van der Waals surface area contributed by atoms with Crippen LogP contribution in [0.25, 0.3) is 0 Å². The molecule has 0 saturated carbocycles. The molecule has 0 spiro atoms. The fraction of sp³-hybridized carbons (Fsp3) is 0.500. The van der Waals surface area contributed by atoms with Gasteiger partial charge >= 0.3 is 0 Å². The van der Waals surface area contributed by atoms with E-state index in [1.165, 1.54) is 6.26 Å². The van der Waals surface area contributed by atoms with Crippen molar-refractivity contribution in [1.29, 1.82) is 0 Å². The van der Waals surface area contributed by atoms with Crippen molar-refractivity contribution >= 4 is 15.5 Å². The average Bonchev–Trinajstić information content (AvgIpc) is 2.28. The predicted molar refractivity (Wildman–Crippen MR) is 70.1 cm³/mol. The van der Waals surface area contributed by atoms with Crippen molar-refractivity contribution in [3.8, 4) is 0 Å². The molecule has 0 aromatic heterocycles. The minimum Gasteiger partial charge on any atom is -0.369 e. The Hall–Kier alpha value is -1.07. The monoisotopic (exact) mass is 254 g/mol. The maximum absolute atomic E-state index is 11.3. The molecular weight excluding hydrogens is 236 g/mol. The van der Waals surface area contributed by atoms with Crippen LogP contribution in [0.15, 0.2) is 24.3 Å². The number of benzene rings is 1. The molecule has 0 atom stereocenters. The number of rotatable bonds is 3. The van der Waals surface area contributed by atoms with E-state index in [-0.39, 0.29) is 5.75 Å². The maximum Gasteiger partial charge on any atom is 0.151 e. The largest absolute Gasteiger partial charge is 0.369 e. The number of nitrogens with one attached hydrogen (secondary N) is 1. The van der Waals surface area contributed by atoms with Crippen LogP contribution in [-0.4, -0.2) is 40.9 Å². The minimum atomic E-state index is -2.96. The Labute approximate surface area is 103 Å². The van der Waals surface area contributed by atoms with Gasteiger partial charge in [-0.2, -0.15) is 0 Å². The Kier molecular flexibility index (Phi) is 3.69. The van der Waals surface area contributed by atoms with Crippen LogP contribution in [0, 0.1) is 0 Å². The SMILES string of the molecule is CS(=O)(=O)Cc1cccc(N2CCNCC2)c1. The molecule has 1 aliphatic heterocycles. The fourth-order valence-corrected chi connectivity index (χ4v) is 2.85. The second kappa shape index (κ2) is 5.06. The standard InChI is InChI=1S/C12H18N2O2S/c1-17(15,16)10-11-3-2-4-12(9-11)14-7-5-13-6-8-14/h2-4,9,13H,5-8,10H2,1H3. The molecule has 0 unspecified atom stereocenters. The summed E-state index contributed by atoms with van der Waals surface area (Å²) < 4.78 is 22.5. The Morgan fingerprint density at radius 1 is 1.29 bits per heavy atom. The van der Waals surface area contributed by atoms with Crippen LogP contribution in [0.2, 0.25) is 0 Å². The molecule has 1 N–H and O–H groups in total. The zero-order valence-electron chi connectivity index (χ0n) is 10.0. The van der Waals surface area contributed by atoms with E-state index >= 15 is 0 Å². The minimum absolute atomic E-state index is 0.118. The molecule has 94 valence electrons. The lowest BCUT2D eigenvalue weighted by Gasteiger charge is -2.29. The van der Waals surface area contributed by atoms with Crippen molar-refractivity contribution in [3.63, 3.8) is 0 Å². The molecule has 4 nitrogen and oxygen atoms in total. The molecule has 0 bridgehead atoms. The number of anilines is 1. The van der Waals surface area contributed by atoms with Crippen LogP contribution in [0.3, 0.4) is 0 Å². The van der Waals surface area contributed by atoms with Crippen molar-refractivity contribution in [2.24, 2.45) is 0 Å². The van der Waals surface area contributed by atoms with Crippen LogP contribution in [0.5, 0.6) is 0 Å². The van der Waals surface area contributed by atoms with Crippen LogP contribution in [0.4, 0.5) is 5.69 Å². The van der Waals surface area contributed by atoms with Crippen LogP contribution < -0.4 is 10.2 Å². The third-order valence-corrected chi connectivity index (χ3v) is 3.68. The first kappa shape index (κ1) is 12.4.